The van der Waals surface area contributed by atoms with Crippen molar-refractivity contribution >= 4 is 40.6 Å². The number of carbonyl (C=O) groups is 2. The monoisotopic (exact) mass is 689 g/mol. The van der Waals surface area contributed by atoms with Gasteiger partial charge in [-0.2, -0.15) is 9.97 Å². The number of benzene rings is 3. The summed E-state index contributed by atoms with van der Waals surface area (Å²) in [5.41, 5.74) is 4.03. The first kappa shape index (κ1) is 33.9. The van der Waals surface area contributed by atoms with Gasteiger partial charge in [0.2, 0.25) is 11.9 Å². The van der Waals surface area contributed by atoms with Crippen molar-refractivity contribution in [2.24, 2.45) is 0 Å². The molecule has 5 aromatic rings. The number of para-hydroxylation sites is 1. The van der Waals surface area contributed by atoms with E-state index < -0.39 is 24.3 Å². The molecule has 2 aliphatic rings. The summed E-state index contributed by atoms with van der Waals surface area (Å²) in [6, 6.07) is 28.3. The molecule has 13 nitrogen and oxygen atoms in total. The Morgan fingerprint density at radius 2 is 1.55 bits per heavy atom. The van der Waals surface area contributed by atoms with E-state index in [1.54, 1.807) is 17.8 Å². The van der Waals surface area contributed by atoms with E-state index in [9.17, 15) is 19.8 Å². The molecule has 0 spiro atoms. The molecule has 0 bridgehead atoms. The van der Waals surface area contributed by atoms with Crippen molar-refractivity contribution in [1.82, 2.24) is 30.2 Å². The van der Waals surface area contributed by atoms with E-state index in [4.69, 9.17) is 15.0 Å². The number of hydrogen-bond acceptors (Lipinski definition) is 9. The predicted octanol–water partition coefficient (Wildman–Crippen LogP) is 4.03. The Morgan fingerprint density at radius 3 is 2.22 bits per heavy atom. The van der Waals surface area contributed by atoms with E-state index in [1.807, 2.05) is 71.6 Å². The van der Waals surface area contributed by atoms with Crippen LogP contribution in [-0.2, 0) is 4.79 Å². The molecular formula is C38H43N9O4. The normalized spacial score (nSPS) is 21.6. The van der Waals surface area contributed by atoms with Crippen molar-refractivity contribution in [1.29, 1.82) is 0 Å². The van der Waals surface area contributed by atoms with Crippen molar-refractivity contribution in [2.45, 2.75) is 62.4 Å². The molecule has 264 valence electrons. The van der Waals surface area contributed by atoms with Crippen LogP contribution in [0.1, 0.15) is 49.3 Å². The van der Waals surface area contributed by atoms with Gasteiger partial charge in [0.05, 0.1) is 18.4 Å². The SMILES string of the molecule is CCC(=O)N[C@H]1C[C@@H](n2cnc3c(NCC(c4ccccc4)c4ccccc4)nc(N4CC[C@@H](NC(=O)Nc5ccccc5)C4)nc32)[C@H](O)[C@@H]1O. The highest BCUT2D eigenvalue weighted by Crippen LogP contribution is 2.35. The van der Waals surface area contributed by atoms with Crippen LogP contribution >= 0.6 is 0 Å². The molecule has 13 heteroatoms. The van der Waals surface area contributed by atoms with Gasteiger partial charge in [-0.3, -0.25) is 4.79 Å². The van der Waals surface area contributed by atoms with Gasteiger partial charge in [-0.1, -0.05) is 85.8 Å². The molecule has 6 N–H and O–H groups in total. The van der Waals surface area contributed by atoms with Crippen molar-refractivity contribution in [2.75, 3.05) is 35.2 Å². The summed E-state index contributed by atoms with van der Waals surface area (Å²) in [6.07, 6.45) is 0.596. The molecule has 3 heterocycles. The molecule has 1 aliphatic heterocycles. The molecular weight excluding hydrogens is 646 g/mol. The van der Waals surface area contributed by atoms with Crippen LogP contribution in [0.2, 0.25) is 0 Å². The smallest absolute Gasteiger partial charge is 0.319 e. The second kappa shape index (κ2) is 15.2. The van der Waals surface area contributed by atoms with E-state index in [1.165, 1.54) is 0 Å². The molecule has 3 aromatic carbocycles. The lowest BCUT2D eigenvalue weighted by atomic mass is 9.91. The maximum atomic E-state index is 12.8. The van der Waals surface area contributed by atoms with Crippen LogP contribution in [0.3, 0.4) is 0 Å². The zero-order valence-electron chi connectivity index (χ0n) is 28.4. The average molecular weight is 690 g/mol. The molecule has 0 unspecified atom stereocenters. The Morgan fingerprint density at radius 1 is 0.882 bits per heavy atom. The van der Waals surface area contributed by atoms with Gasteiger partial charge in [-0.25, -0.2) is 9.78 Å². The van der Waals surface area contributed by atoms with Gasteiger partial charge in [0.15, 0.2) is 17.0 Å². The fourth-order valence-corrected chi connectivity index (χ4v) is 7.08. The van der Waals surface area contributed by atoms with Gasteiger partial charge in [-0.15, -0.1) is 0 Å². The van der Waals surface area contributed by atoms with Crippen LogP contribution in [0.4, 0.5) is 22.2 Å². The number of aromatic nitrogens is 4. The number of nitrogens with zero attached hydrogens (tertiary/aromatic N) is 5. The second-order valence-electron chi connectivity index (χ2n) is 13.2. The highest BCUT2D eigenvalue weighted by atomic mass is 16.3. The third-order valence-electron chi connectivity index (χ3n) is 9.80. The Balaban J connectivity index is 1.19. The molecule has 3 amide bonds. The topological polar surface area (TPSA) is 170 Å². The van der Waals surface area contributed by atoms with Crippen molar-refractivity contribution in [3.05, 3.63) is 108 Å². The molecule has 5 atom stereocenters. The van der Waals surface area contributed by atoms with Crippen LogP contribution in [0, 0.1) is 0 Å². The molecule has 0 radical (unpaired) electrons. The van der Waals surface area contributed by atoms with Crippen LogP contribution < -0.4 is 26.2 Å². The number of aliphatic hydroxyl groups excluding tert-OH is 2. The zero-order chi connectivity index (χ0) is 35.3. The standard InChI is InChI=1S/C38H43N9O4/c1-2-31(48)43-29-20-30(34(50)33(29)49)47-23-40-32-35(39-21-28(24-12-6-3-7-13-24)25-14-8-4-9-15-25)44-37(45-36(32)47)46-19-18-27(22-46)42-38(51)41-26-16-10-5-11-17-26/h3-17,23,27-30,33-34,49-50H,2,18-22H2,1H3,(H,43,48)(H,39,44,45)(H2,41,42,51)/t27-,29+,30-,33-,34+/m1/s1. The first-order chi connectivity index (χ1) is 24.9. The van der Waals surface area contributed by atoms with Gasteiger partial charge in [0, 0.05) is 43.7 Å². The number of rotatable bonds is 11. The summed E-state index contributed by atoms with van der Waals surface area (Å²) in [7, 11) is 0. The van der Waals surface area contributed by atoms with E-state index in [-0.39, 0.29) is 30.3 Å². The number of anilines is 3. The number of nitrogens with one attached hydrogen (secondary N) is 4. The fourth-order valence-electron chi connectivity index (χ4n) is 7.08. The lowest BCUT2D eigenvalue weighted by Gasteiger charge is -2.22. The van der Waals surface area contributed by atoms with Crippen LogP contribution in [-0.4, -0.2) is 85.6 Å². The van der Waals surface area contributed by atoms with E-state index in [0.717, 1.165) is 11.1 Å². The molecule has 7 rings (SSSR count). The van der Waals surface area contributed by atoms with Gasteiger partial charge < -0.3 is 40.9 Å². The van der Waals surface area contributed by atoms with Crippen molar-refractivity contribution < 1.29 is 19.8 Å². The maximum absolute atomic E-state index is 12.8. The number of fused-ring (bicyclic) bond motifs is 1. The van der Waals surface area contributed by atoms with E-state index in [2.05, 4.69) is 45.5 Å². The largest absolute Gasteiger partial charge is 0.388 e. The first-order valence-corrected chi connectivity index (χ1v) is 17.5. The second-order valence-corrected chi connectivity index (χ2v) is 13.2. The third kappa shape index (κ3) is 7.49. The summed E-state index contributed by atoms with van der Waals surface area (Å²) >= 11 is 0. The van der Waals surface area contributed by atoms with Crippen LogP contribution in [0.25, 0.3) is 11.2 Å². The van der Waals surface area contributed by atoms with Crippen LogP contribution in [0.15, 0.2) is 97.3 Å². The summed E-state index contributed by atoms with van der Waals surface area (Å²) in [5.74, 6) is 0.813. The minimum Gasteiger partial charge on any atom is -0.388 e. The van der Waals surface area contributed by atoms with Crippen LogP contribution in [0.5, 0.6) is 0 Å². The summed E-state index contributed by atoms with van der Waals surface area (Å²) in [4.78, 5) is 41.7. The van der Waals surface area contributed by atoms with E-state index in [0.29, 0.717) is 61.1 Å². The number of urea groups is 1. The van der Waals surface area contributed by atoms with Crippen molar-refractivity contribution in [3.63, 3.8) is 0 Å². The lowest BCUT2D eigenvalue weighted by Crippen LogP contribution is -2.42. The summed E-state index contributed by atoms with van der Waals surface area (Å²) in [5, 5.41) is 34.4. The van der Waals surface area contributed by atoms with E-state index >= 15 is 0 Å². The number of carbonyl (C=O) groups excluding carboxylic acids is 2. The molecule has 1 saturated carbocycles. The number of imidazole rings is 1. The minimum atomic E-state index is -1.15. The molecule has 1 saturated heterocycles. The van der Waals surface area contributed by atoms with Crippen molar-refractivity contribution in [3.8, 4) is 0 Å². The Hall–Kier alpha value is -5.53. The Bertz CT molecular complexity index is 1900. The maximum Gasteiger partial charge on any atom is 0.319 e. The molecule has 1 aliphatic carbocycles. The number of aliphatic hydroxyl groups is 2. The third-order valence-corrected chi connectivity index (χ3v) is 9.80. The molecule has 2 aromatic heterocycles. The Kier molecular flexibility index (Phi) is 10.1. The summed E-state index contributed by atoms with van der Waals surface area (Å²) in [6.45, 7) is 3.37. The predicted molar refractivity (Wildman–Crippen MR) is 196 cm³/mol. The Labute approximate surface area is 296 Å². The average Bonchev–Trinajstić information content (AvgIpc) is 3.87. The van der Waals surface area contributed by atoms with Gasteiger partial charge in [-0.05, 0) is 36.1 Å². The highest BCUT2D eigenvalue weighted by Gasteiger charge is 2.44. The fraction of sp³-hybridized carbons (Fsp3) is 0.342. The summed E-state index contributed by atoms with van der Waals surface area (Å²) < 4.78 is 1.78. The molecule has 2 fully saturated rings. The van der Waals surface area contributed by atoms with Gasteiger partial charge >= 0.3 is 6.03 Å². The zero-order valence-corrected chi connectivity index (χ0v) is 28.4. The minimum absolute atomic E-state index is 0.0150. The highest BCUT2D eigenvalue weighted by molar-refractivity contribution is 5.89. The van der Waals surface area contributed by atoms with Gasteiger partial charge in [0.25, 0.3) is 0 Å². The van der Waals surface area contributed by atoms with Gasteiger partial charge in [0.1, 0.15) is 12.2 Å². The molecule has 51 heavy (non-hydrogen) atoms. The first-order valence-electron chi connectivity index (χ1n) is 17.5. The number of amides is 3. The number of hydrogen-bond donors (Lipinski definition) is 6. The quantitative estimate of drug-likeness (QED) is 0.120. The lowest BCUT2D eigenvalue weighted by molar-refractivity contribution is -0.122.